The molecule has 2 aliphatic carbocycles. The van der Waals surface area contributed by atoms with Crippen LogP contribution in [-0.4, -0.2) is 63.0 Å². The smallest absolute Gasteiger partial charge is 0.254 e. The summed E-state index contributed by atoms with van der Waals surface area (Å²) in [6.45, 7) is 4.19. The van der Waals surface area contributed by atoms with Gasteiger partial charge in [-0.2, -0.15) is 10.4 Å². The average molecular weight is 449 g/mol. The Hall–Kier alpha value is -2.22. The van der Waals surface area contributed by atoms with Crippen molar-refractivity contribution in [3.05, 3.63) is 11.8 Å². The number of primary amides is 1. The van der Waals surface area contributed by atoms with Gasteiger partial charge in [0.05, 0.1) is 37.2 Å². The van der Waals surface area contributed by atoms with E-state index in [0.717, 1.165) is 25.7 Å². The van der Waals surface area contributed by atoms with Crippen LogP contribution in [0.3, 0.4) is 0 Å². The van der Waals surface area contributed by atoms with E-state index in [2.05, 4.69) is 21.4 Å². The summed E-state index contributed by atoms with van der Waals surface area (Å²) in [5.41, 5.74) is 5.20. The third-order valence-electron chi connectivity index (χ3n) is 6.95. The number of nitrogens with one attached hydrogen (secondary N) is 1. The van der Waals surface area contributed by atoms with Gasteiger partial charge >= 0.3 is 0 Å². The van der Waals surface area contributed by atoms with Crippen LogP contribution in [0, 0.1) is 17.2 Å². The lowest BCUT2D eigenvalue weighted by atomic mass is 9.76. The number of likely N-dealkylation sites (tertiary alicyclic amines) is 1. The van der Waals surface area contributed by atoms with E-state index in [4.69, 9.17) is 10.5 Å². The van der Waals surface area contributed by atoms with Gasteiger partial charge in [0.1, 0.15) is 11.8 Å². The van der Waals surface area contributed by atoms with Crippen molar-refractivity contribution in [1.29, 1.82) is 5.26 Å². The summed E-state index contributed by atoms with van der Waals surface area (Å²) in [5, 5.41) is 27.3. The third-order valence-corrected chi connectivity index (χ3v) is 6.95. The summed E-state index contributed by atoms with van der Waals surface area (Å²) in [5.74, 6) is -1.79. The number of anilines is 1. The van der Waals surface area contributed by atoms with Crippen molar-refractivity contribution in [3.63, 3.8) is 0 Å². The van der Waals surface area contributed by atoms with Crippen LogP contribution in [0.4, 0.5) is 10.2 Å². The maximum absolute atomic E-state index is 14.6. The number of carbonyl (C=O) groups excluding carboxylic acids is 1. The van der Waals surface area contributed by atoms with Crippen molar-refractivity contribution in [1.82, 2.24) is 14.7 Å². The Morgan fingerprint density at radius 2 is 2.06 bits per heavy atom. The van der Waals surface area contributed by atoms with E-state index < -0.39 is 23.5 Å². The molecule has 3 aliphatic rings. The molecule has 2 heterocycles. The predicted octanol–water partition coefficient (Wildman–Crippen LogP) is 2.08. The first-order chi connectivity index (χ1) is 15.1. The fourth-order valence-corrected chi connectivity index (χ4v) is 5.03. The van der Waals surface area contributed by atoms with Crippen LogP contribution in [-0.2, 0) is 10.3 Å². The maximum Gasteiger partial charge on any atom is 0.254 e. The highest BCUT2D eigenvalue weighted by Crippen LogP contribution is 2.42. The molecule has 176 valence electrons. The number of ether oxygens (including phenoxy) is 1. The molecule has 1 amide bonds. The number of carbonyl (C=O) groups is 1. The molecule has 1 atom stereocenters. The van der Waals surface area contributed by atoms with E-state index in [-0.39, 0.29) is 49.0 Å². The minimum absolute atomic E-state index is 0.155. The van der Waals surface area contributed by atoms with Crippen LogP contribution in [0.5, 0.6) is 0 Å². The van der Waals surface area contributed by atoms with Crippen LogP contribution in [0.1, 0.15) is 69.2 Å². The number of halogens is 1. The number of aromatic nitrogens is 2. The molecule has 0 aromatic carbocycles. The summed E-state index contributed by atoms with van der Waals surface area (Å²) in [4.78, 5) is 14.1. The van der Waals surface area contributed by atoms with Crippen molar-refractivity contribution < 1.29 is 19.0 Å². The molecule has 0 bridgehead atoms. The van der Waals surface area contributed by atoms with E-state index in [9.17, 15) is 19.6 Å². The Kier molecular flexibility index (Phi) is 6.18. The first-order valence-electron chi connectivity index (χ1n) is 11.5. The predicted molar refractivity (Wildman–Crippen MR) is 115 cm³/mol. The topological polar surface area (TPSA) is 129 Å². The number of aliphatic hydroxyl groups is 1. The van der Waals surface area contributed by atoms with Crippen molar-refractivity contribution in [2.45, 2.75) is 88.6 Å². The van der Waals surface area contributed by atoms with Crippen molar-refractivity contribution in [2.75, 3.05) is 18.4 Å². The monoisotopic (exact) mass is 448 g/mol. The molecule has 32 heavy (non-hydrogen) atoms. The molecule has 1 unspecified atom stereocenters. The molecule has 0 spiro atoms. The van der Waals surface area contributed by atoms with Crippen LogP contribution < -0.4 is 11.1 Å². The minimum Gasteiger partial charge on any atom is -0.373 e. The number of aliphatic hydroxyl groups excluding tert-OH is 1. The van der Waals surface area contributed by atoms with Gasteiger partial charge in [-0.25, -0.2) is 4.39 Å². The van der Waals surface area contributed by atoms with E-state index in [1.807, 2.05) is 13.8 Å². The molecule has 3 fully saturated rings. The SMILES string of the molecule is CC(C)OC1(F)CN(C2CCC(CC#N)(n3cc(C(N)=O)c(NC(O)C4CC4)n3)CC2)C1. The normalized spacial score (nSPS) is 28.7. The first-order valence-corrected chi connectivity index (χ1v) is 11.5. The van der Waals surface area contributed by atoms with Gasteiger partial charge < -0.3 is 20.9 Å². The largest absolute Gasteiger partial charge is 0.373 e. The number of alkyl halides is 1. The Bertz CT molecular complexity index is 879. The molecule has 9 nitrogen and oxygen atoms in total. The van der Waals surface area contributed by atoms with Gasteiger partial charge in [-0.1, -0.05) is 0 Å². The highest BCUT2D eigenvalue weighted by atomic mass is 19.2. The fourth-order valence-electron chi connectivity index (χ4n) is 5.03. The Morgan fingerprint density at radius 1 is 1.41 bits per heavy atom. The number of nitrogens with zero attached hydrogens (tertiary/aromatic N) is 4. The summed E-state index contributed by atoms with van der Waals surface area (Å²) in [7, 11) is 0. The molecule has 1 saturated heterocycles. The highest BCUT2D eigenvalue weighted by Gasteiger charge is 2.50. The average Bonchev–Trinajstić information content (AvgIpc) is 3.46. The van der Waals surface area contributed by atoms with Gasteiger partial charge in [-0.3, -0.25) is 14.4 Å². The minimum atomic E-state index is -1.57. The zero-order chi connectivity index (χ0) is 23.1. The second-order valence-corrected chi connectivity index (χ2v) is 9.87. The van der Waals surface area contributed by atoms with Crippen LogP contribution in [0.25, 0.3) is 0 Å². The quantitative estimate of drug-likeness (QED) is 0.493. The standard InChI is InChI=1S/C22H33FN6O3/c1-14(2)32-22(23)12-28(13-22)16-5-7-21(8-6-16,9-10-24)29-11-17(18(25)30)19(27-29)26-20(31)15-3-4-15/h11,14-16,20,31H,3-9,12-13H2,1-2H3,(H2,25,30)(H,26,27). The van der Waals surface area contributed by atoms with Gasteiger partial charge in [0.25, 0.3) is 5.91 Å². The summed E-state index contributed by atoms with van der Waals surface area (Å²) in [6.07, 6.45) is 5.70. The Balaban J connectivity index is 1.46. The Labute approximate surface area is 187 Å². The van der Waals surface area contributed by atoms with Crippen molar-refractivity contribution >= 4 is 11.7 Å². The van der Waals surface area contributed by atoms with Crippen molar-refractivity contribution in [2.24, 2.45) is 11.7 Å². The van der Waals surface area contributed by atoms with Gasteiger partial charge in [0, 0.05) is 18.2 Å². The molecular formula is C22H33FN6O3. The highest BCUT2D eigenvalue weighted by molar-refractivity contribution is 5.97. The fraction of sp³-hybridized carbons (Fsp3) is 0.773. The summed E-state index contributed by atoms with van der Waals surface area (Å²) >= 11 is 0. The second kappa shape index (κ2) is 8.61. The van der Waals surface area contributed by atoms with E-state index >= 15 is 0 Å². The molecule has 1 aliphatic heterocycles. The molecule has 0 radical (unpaired) electrons. The molecule has 2 saturated carbocycles. The number of nitrogens with two attached hydrogens (primary N) is 1. The molecule has 10 heteroatoms. The summed E-state index contributed by atoms with van der Waals surface area (Å²) < 4.78 is 21.7. The first kappa shape index (κ1) is 23.0. The van der Waals surface area contributed by atoms with Crippen LogP contribution in [0.15, 0.2) is 6.20 Å². The van der Waals surface area contributed by atoms with Gasteiger partial charge in [-0.05, 0) is 52.4 Å². The number of hydrogen-bond acceptors (Lipinski definition) is 7. The zero-order valence-electron chi connectivity index (χ0n) is 18.8. The van der Waals surface area contributed by atoms with Gasteiger partial charge in [0.2, 0.25) is 5.85 Å². The molecular weight excluding hydrogens is 415 g/mol. The van der Waals surface area contributed by atoms with E-state index in [0.29, 0.717) is 12.8 Å². The lowest BCUT2D eigenvalue weighted by molar-refractivity contribution is -0.252. The molecule has 1 aromatic heterocycles. The van der Waals surface area contributed by atoms with Gasteiger partial charge in [0.15, 0.2) is 5.82 Å². The maximum atomic E-state index is 14.6. The molecule has 1 aromatic rings. The lowest BCUT2D eigenvalue weighted by Gasteiger charge is -2.51. The van der Waals surface area contributed by atoms with Gasteiger partial charge in [-0.15, -0.1) is 0 Å². The second-order valence-electron chi connectivity index (χ2n) is 9.87. The summed E-state index contributed by atoms with van der Waals surface area (Å²) in [6, 6.07) is 2.49. The van der Waals surface area contributed by atoms with Crippen LogP contribution in [0.2, 0.25) is 0 Å². The Morgan fingerprint density at radius 3 is 2.59 bits per heavy atom. The number of amides is 1. The number of hydrogen-bond donors (Lipinski definition) is 3. The van der Waals surface area contributed by atoms with Crippen LogP contribution >= 0.6 is 0 Å². The zero-order valence-corrected chi connectivity index (χ0v) is 18.8. The van der Waals surface area contributed by atoms with Crippen molar-refractivity contribution in [3.8, 4) is 6.07 Å². The van der Waals surface area contributed by atoms with E-state index in [1.165, 1.54) is 0 Å². The number of rotatable bonds is 9. The molecule has 4 N–H and O–H groups in total. The number of nitriles is 1. The van der Waals surface area contributed by atoms with E-state index in [1.54, 1.807) is 10.9 Å². The third kappa shape index (κ3) is 4.60. The molecule has 4 rings (SSSR count). The lowest BCUT2D eigenvalue weighted by Crippen LogP contribution is -2.64.